The molecule has 0 N–H and O–H groups in total. The van der Waals surface area contributed by atoms with Gasteiger partial charge in [-0.15, -0.1) is 0 Å². The molecule has 1 aliphatic heterocycles. The normalized spacial score (nSPS) is 13.2. The lowest BCUT2D eigenvalue weighted by atomic mass is 10.1. The molecule has 6 nitrogen and oxygen atoms in total. The average Bonchev–Trinajstić information content (AvgIpc) is 3.21. The number of hydrogen-bond acceptors (Lipinski definition) is 3. The van der Waals surface area contributed by atoms with E-state index in [-0.39, 0.29) is 11.2 Å². The summed E-state index contributed by atoms with van der Waals surface area (Å²) in [5.74, 6) is 0.713. The SMILES string of the molecule is CCCn1c(=O)c2c(nc3n2CC(c2ccc(Cl)cc2)=C3)n(CCC)c1=O. The van der Waals surface area contributed by atoms with Crippen molar-refractivity contribution in [1.29, 1.82) is 0 Å². The fourth-order valence-electron chi connectivity index (χ4n) is 3.63. The summed E-state index contributed by atoms with van der Waals surface area (Å²) in [5.41, 5.74) is 2.59. The first kappa shape index (κ1) is 17.8. The van der Waals surface area contributed by atoms with E-state index >= 15 is 0 Å². The van der Waals surface area contributed by atoms with E-state index in [0.717, 1.165) is 24.0 Å². The largest absolute Gasteiger partial charge is 0.332 e. The number of hydrogen-bond donors (Lipinski definition) is 0. The number of nitrogens with zero attached hydrogens (tertiary/aromatic N) is 4. The highest BCUT2D eigenvalue weighted by atomic mass is 35.5. The Bertz CT molecular complexity index is 1170. The first-order valence-electron chi connectivity index (χ1n) is 9.25. The summed E-state index contributed by atoms with van der Waals surface area (Å²) >= 11 is 5.98. The minimum atomic E-state index is -0.269. The third-order valence-electron chi connectivity index (χ3n) is 4.89. The van der Waals surface area contributed by atoms with Gasteiger partial charge in [-0.25, -0.2) is 9.78 Å². The molecule has 27 heavy (non-hydrogen) atoms. The van der Waals surface area contributed by atoms with Gasteiger partial charge in [0.1, 0.15) is 5.82 Å². The van der Waals surface area contributed by atoms with Crippen LogP contribution in [0.2, 0.25) is 5.02 Å². The van der Waals surface area contributed by atoms with Crippen LogP contribution in [0.5, 0.6) is 0 Å². The van der Waals surface area contributed by atoms with Gasteiger partial charge in [0, 0.05) is 18.1 Å². The predicted molar refractivity (Wildman–Crippen MR) is 108 cm³/mol. The van der Waals surface area contributed by atoms with Crippen molar-refractivity contribution < 1.29 is 0 Å². The summed E-state index contributed by atoms with van der Waals surface area (Å²) in [6.07, 6.45) is 3.50. The van der Waals surface area contributed by atoms with Crippen LogP contribution in [0, 0.1) is 0 Å². The van der Waals surface area contributed by atoms with Crippen molar-refractivity contribution >= 4 is 34.4 Å². The van der Waals surface area contributed by atoms with E-state index in [4.69, 9.17) is 11.6 Å². The maximum Gasteiger partial charge on any atom is 0.332 e. The molecule has 0 radical (unpaired) electrons. The molecule has 0 bridgehead atoms. The Labute approximate surface area is 161 Å². The lowest BCUT2D eigenvalue weighted by molar-refractivity contribution is 0.554. The molecule has 0 fully saturated rings. The molecule has 7 heteroatoms. The van der Waals surface area contributed by atoms with Gasteiger partial charge in [-0.1, -0.05) is 37.6 Å². The molecule has 1 aliphatic rings. The van der Waals surface area contributed by atoms with E-state index in [0.29, 0.717) is 41.6 Å². The van der Waals surface area contributed by atoms with Gasteiger partial charge in [-0.3, -0.25) is 13.9 Å². The Kier molecular flexibility index (Phi) is 4.52. The molecule has 0 unspecified atom stereocenters. The fourth-order valence-corrected chi connectivity index (χ4v) is 3.76. The van der Waals surface area contributed by atoms with Crippen molar-refractivity contribution in [3.63, 3.8) is 0 Å². The lowest BCUT2D eigenvalue weighted by Gasteiger charge is -2.11. The van der Waals surface area contributed by atoms with Crippen LogP contribution in [0.3, 0.4) is 0 Å². The quantitative estimate of drug-likeness (QED) is 0.677. The zero-order valence-corrected chi connectivity index (χ0v) is 16.2. The Morgan fingerprint density at radius 2 is 1.70 bits per heavy atom. The highest BCUT2D eigenvalue weighted by Crippen LogP contribution is 2.29. The number of benzene rings is 1. The van der Waals surface area contributed by atoms with Crippen molar-refractivity contribution in [1.82, 2.24) is 18.7 Å². The second kappa shape index (κ2) is 6.85. The number of rotatable bonds is 5. The summed E-state index contributed by atoms with van der Waals surface area (Å²) in [4.78, 5) is 30.5. The van der Waals surface area contributed by atoms with E-state index in [2.05, 4.69) is 4.98 Å². The van der Waals surface area contributed by atoms with E-state index in [1.807, 2.05) is 48.8 Å². The van der Waals surface area contributed by atoms with Crippen LogP contribution in [0.4, 0.5) is 0 Å². The minimum absolute atomic E-state index is 0.256. The second-order valence-corrected chi connectivity index (χ2v) is 7.23. The molecule has 3 heterocycles. The average molecular weight is 385 g/mol. The topological polar surface area (TPSA) is 61.8 Å². The molecule has 0 saturated heterocycles. The fraction of sp³-hybridized carbons (Fsp3) is 0.350. The van der Waals surface area contributed by atoms with Crippen molar-refractivity contribution in [3.05, 3.63) is 61.5 Å². The summed E-state index contributed by atoms with van der Waals surface area (Å²) in [7, 11) is 0. The van der Waals surface area contributed by atoms with Crippen LogP contribution >= 0.6 is 11.6 Å². The standard InChI is InChI=1S/C20H21ClN4O2/c1-3-9-23-18-17(19(26)24(10-4-2)20(23)27)25-12-14(11-16(25)22-18)13-5-7-15(21)8-6-13/h5-8,11H,3-4,9-10,12H2,1-2H3. The highest BCUT2D eigenvalue weighted by molar-refractivity contribution is 6.30. The maximum absolute atomic E-state index is 13.1. The van der Waals surface area contributed by atoms with E-state index in [9.17, 15) is 9.59 Å². The van der Waals surface area contributed by atoms with Gasteiger partial charge in [0.05, 0.1) is 6.54 Å². The van der Waals surface area contributed by atoms with Gasteiger partial charge < -0.3 is 4.57 Å². The van der Waals surface area contributed by atoms with Crippen LogP contribution < -0.4 is 11.2 Å². The molecule has 0 amide bonds. The third-order valence-corrected chi connectivity index (χ3v) is 5.14. The molecular formula is C20H21ClN4O2. The minimum Gasteiger partial charge on any atom is -0.314 e. The number of aromatic nitrogens is 4. The third kappa shape index (κ3) is 2.84. The molecule has 1 aromatic carbocycles. The van der Waals surface area contributed by atoms with Crippen LogP contribution in [-0.4, -0.2) is 18.7 Å². The Morgan fingerprint density at radius 3 is 2.37 bits per heavy atom. The zero-order chi connectivity index (χ0) is 19.1. The lowest BCUT2D eigenvalue weighted by Crippen LogP contribution is -2.40. The summed E-state index contributed by atoms with van der Waals surface area (Å²) < 4.78 is 4.89. The van der Waals surface area contributed by atoms with Crippen molar-refractivity contribution in [2.75, 3.05) is 0 Å². The van der Waals surface area contributed by atoms with E-state index in [1.165, 1.54) is 4.57 Å². The number of aryl methyl sites for hydroxylation is 1. The summed E-state index contributed by atoms with van der Waals surface area (Å²) in [6, 6.07) is 7.63. The molecule has 0 aliphatic carbocycles. The Hall–Kier alpha value is -2.60. The van der Waals surface area contributed by atoms with E-state index < -0.39 is 0 Å². The molecule has 0 spiro atoms. The maximum atomic E-state index is 13.1. The second-order valence-electron chi connectivity index (χ2n) is 6.80. The Balaban J connectivity index is 1.91. The molecule has 0 saturated carbocycles. The molecule has 2 aromatic heterocycles. The number of halogens is 1. The zero-order valence-electron chi connectivity index (χ0n) is 15.4. The van der Waals surface area contributed by atoms with Crippen molar-refractivity contribution in [3.8, 4) is 0 Å². The van der Waals surface area contributed by atoms with Gasteiger partial charge >= 0.3 is 5.69 Å². The van der Waals surface area contributed by atoms with Gasteiger partial charge in [0.15, 0.2) is 11.2 Å². The van der Waals surface area contributed by atoms with Crippen molar-refractivity contribution in [2.45, 2.75) is 46.3 Å². The number of allylic oxidation sites excluding steroid dienone is 1. The summed E-state index contributed by atoms with van der Waals surface area (Å²) in [6.45, 7) is 5.48. The van der Waals surface area contributed by atoms with Gasteiger partial charge in [0.2, 0.25) is 0 Å². The number of fused-ring (bicyclic) bond motifs is 3. The van der Waals surface area contributed by atoms with Crippen LogP contribution in [0.15, 0.2) is 33.9 Å². The molecular weight excluding hydrogens is 364 g/mol. The number of imidazole rings is 1. The monoisotopic (exact) mass is 384 g/mol. The first-order chi connectivity index (χ1) is 13.0. The van der Waals surface area contributed by atoms with Gasteiger partial charge in [0.25, 0.3) is 5.56 Å². The predicted octanol–water partition coefficient (Wildman–Crippen LogP) is 3.39. The smallest absolute Gasteiger partial charge is 0.314 e. The molecule has 140 valence electrons. The first-order valence-corrected chi connectivity index (χ1v) is 9.63. The van der Waals surface area contributed by atoms with Gasteiger partial charge in [-0.05, 0) is 42.2 Å². The molecule has 4 rings (SSSR count). The van der Waals surface area contributed by atoms with Gasteiger partial charge in [-0.2, -0.15) is 0 Å². The van der Waals surface area contributed by atoms with Crippen LogP contribution in [0.1, 0.15) is 38.1 Å². The summed E-state index contributed by atoms with van der Waals surface area (Å²) in [5, 5.41) is 0.687. The Morgan fingerprint density at radius 1 is 1.04 bits per heavy atom. The van der Waals surface area contributed by atoms with Crippen LogP contribution in [-0.2, 0) is 19.6 Å². The van der Waals surface area contributed by atoms with Crippen molar-refractivity contribution in [2.24, 2.45) is 0 Å². The van der Waals surface area contributed by atoms with Crippen LogP contribution in [0.25, 0.3) is 22.8 Å². The molecule has 0 atom stereocenters. The van der Waals surface area contributed by atoms with E-state index in [1.54, 1.807) is 4.57 Å². The molecule has 3 aromatic rings. The highest BCUT2D eigenvalue weighted by Gasteiger charge is 2.24.